The molecule has 9 nitrogen and oxygen atoms in total. The van der Waals surface area contributed by atoms with E-state index in [1.807, 2.05) is 18.2 Å². The van der Waals surface area contributed by atoms with Gasteiger partial charge in [0.15, 0.2) is 11.5 Å². The van der Waals surface area contributed by atoms with Crippen LogP contribution in [0.4, 0.5) is 0 Å². The Bertz CT molecular complexity index is 856. The molecule has 1 N–H and O–H groups in total. The molecule has 154 valence electrons. The highest BCUT2D eigenvalue weighted by molar-refractivity contribution is 5.92. The molecule has 0 saturated carbocycles. The molecule has 0 unspecified atom stereocenters. The maximum atomic E-state index is 12.7. The minimum absolute atomic E-state index is 0.159. The van der Waals surface area contributed by atoms with Gasteiger partial charge in [-0.1, -0.05) is 6.07 Å². The third-order valence-electron chi connectivity index (χ3n) is 4.39. The Morgan fingerprint density at radius 1 is 1.17 bits per heavy atom. The van der Waals surface area contributed by atoms with Gasteiger partial charge in [-0.3, -0.25) is 14.6 Å². The summed E-state index contributed by atoms with van der Waals surface area (Å²) in [7, 11) is 1.56. The Morgan fingerprint density at radius 2 is 2.00 bits per heavy atom. The van der Waals surface area contributed by atoms with Crippen LogP contribution >= 0.6 is 0 Å². The van der Waals surface area contributed by atoms with Crippen molar-refractivity contribution in [3.8, 4) is 11.5 Å². The zero-order valence-corrected chi connectivity index (χ0v) is 16.5. The number of amides is 2. The van der Waals surface area contributed by atoms with Crippen LogP contribution in [0.3, 0.4) is 0 Å². The van der Waals surface area contributed by atoms with Gasteiger partial charge in [0, 0.05) is 39.4 Å². The number of aryl methyl sites for hydroxylation is 1. The van der Waals surface area contributed by atoms with Crippen LogP contribution in [0.2, 0.25) is 0 Å². The molecule has 0 radical (unpaired) electrons. The topological polar surface area (TPSA) is 103 Å². The van der Waals surface area contributed by atoms with E-state index in [1.54, 1.807) is 25.1 Å². The number of hydrogen-bond acceptors (Lipinski definition) is 7. The van der Waals surface area contributed by atoms with Crippen molar-refractivity contribution in [2.45, 2.75) is 19.9 Å². The highest BCUT2D eigenvalue weighted by Crippen LogP contribution is 2.32. The van der Waals surface area contributed by atoms with Crippen LogP contribution in [-0.2, 0) is 16.1 Å². The van der Waals surface area contributed by atoms with E-state index in [0.29, 0.717) is 31.2 Å². The molecule has 0 aliphatic carbocycles. The second-order valence-corrected chi connectivity index (χ2v) is 6.54. The van der Waals surface area contributed by atoms with E-state index < -0.39 is 0 Å². The van der Waals surface area contributed by atoms with Gasteiger partial charge < -0.3 is 24.4 Å². The Labute approximate surface area is 169 Å². The van der Waals surface area contributed by atoms with E-state index in [4.69, 9.17) is 14.2 Å². The van der Waals surface area contributed by atoms with E-state index in [2.05, 4.69) is 15.3 Å². The van der Waals surface area contributed by atoms with E-state index in [-0.39, 0.29) is 37.3 Å². The molecule has 0 spiro atoms. The van der Waals surface area contributed by atoms with Gasteiger partial charge in [-0.15, -0.1) is 0 Å². The Morgan fingerprint density at radius 3 is 2.76 bits per heavy atom. The van der Waals surface area contributed by atoms with Crippen LogP contribution in [0.15, 0.2) is 30.6 Å². The second-order valence-electron chi connectivity index (χ2n) is 6.54. The third kappa shape index (κ3) is 5.64. The first-order chi connectivity index (χ1) is 14.1. The minimum Gasteiger partial charge on any atom is -0.454 e. The molecule has 29 heavy (non-hydrogen) atoms. The van der Waals surface area contributed by atoms with Crippen molar-refractivity contribution in [2.24, 2.45) is 0 Å². The van der Waals surface area contributed by atoms with E-state index in [1.165, 1.54) is 6.20 Å². The molecule has 0 saturated heterocycles. The normalized spacial score (nSPS) is 11.9. The minimum atomic E-state index is -0.280. The van der Waals surface area contributed by atoms with Crippen molar-refractivity contribution in [3.05, 3.63) is 47.5 Å². The largest absolute Gasteiger partial charge is 0.454 e. The fourth-order valence-electron chi connectivity index (χ4n) is 2.76. The first-order valence-electron chi connectivity index (χ1n) is 9.29. The molecule has 9 heteroatoms. The van der Waals surface area contributed by atoms with Gasteiger partial charge in [0.05, 0.1) is 18.5 Å². The van der Waals surface area contributed by atoms with E-state index >= 15 is 0 Å². The van der Waals surface area contributed by atoms with Crippen molar-refractivity contribution in [2.75, 3.05) is 33.6 Å². The molecule has 2 heterocycles. The molecule has 1 aromatic carbocycles. The van der Waals surface area contributed by atoms with Gasteiger partial charge in [-0.25, -0.2) is 4.98 Å². The molecule has 2 aromatic rings. The Kier molecular flexibility index (Phi) is 6.96. The van der Waals surface area contributed by atoms with E-state index in [9.17, 15) is 9.59 Å². The van der Waals surface area contributed by atoms with Crippen molar-refractivity contribution in [3.63, 3.8) is 0 Å². The monoisotopic (exact) mass is 400 g/mol. The molecular weight excluding hydrogens is 376 g/mol. The summed E-state index contributed by atoms with van der Waals surface area (Å²) in [6, 6.07) is 5.53. The SMILES string of the molecule is COCCN(CCC(=O)NCc1ccc2c(c1)OCO2)C(=O)c1cnc(C)cn1. The van der Waals surface area contributed by atoms with Gasteiger partial charge in [-0.05, 0) is 24.6 Å². The van der Waals surface area contributed by atoms with Gasteiger partial charge in [0.2, 0.25) is 12.7 Å². The van der Waals surface area contributed by atoms with Crippen molar-refractivity contribution >= 4 is 11.8 Å². The number of fused-ring (bicyclic) bond motifs is 1. The lowest BCUT2D eigenvalue weighted by molar-refractivity contribution is -0.121. The zero-order valence-electron chi connectivity index (χ0n) is 16.5. The number of ether oxygens (including phenoxy) is 3. The van der Waals surface area contributed by atoms with Crippen molar-refractivity contribution in [1.29, 1.82) is 0 Å². The lowest BCUT2D eigenvalue weighted by Gasteiger charge is -2.21. The van der Waals surface area contributed by atoms with E-state index in [0.717, 1.165) is 11.3 Å². The number of aromatic nitrogens is 2. The predicted octanol–water partition coefficient (Wildman–Crippen LogP) is 1.31. The van der Waals surface area contributed by atoms with Crippen LogP contribution in [0.1, 0.15) is 28.2 Å². The maximum Gasteiger partial charge on any atom is 0.274 e. The number of benzene rings is 1. The molecule has 1 aliphatic rings. The lowest BCUT2D eigenvalue weighted by atomic mass is 10.2. The van der Waals surface area contributed by atoms with Gasteiger partial charge in [0.25, 0.3) is 5.91 Å². The smallest absolute Gasteiger partial charge is 0.274 e. The maximum absolute atomic E-state index is 12.7. The molecule has 2 amide bonds. The molecule has 0 bridgehead atoms. The van der Waals surface area contributed by atoms with Gasteiger partial charge in [0.1, 0.15) is 5.69 Å². The fourth-order valence-corrected chi connectivity index (χ4v) is 2.76. The molecule has 0 fully saturated rings. The highest BCUT2D eigenvalue weighted by Gasteiger charge is 2.19. The fraction of sp³-hybridized carbons (Fsp3) is 0.400. The summed E-state index contributed by atoms with van der Waals surface area (Å²) < 4.78 is 15.7. The molecule has 1 aromatic heterocycles. The summed E-state index contributed by atoms with van der Waals surface area (Å²) in [6.07, 6.45) is 3.15. The summed E-state index contributed by atoms with van der Waals surface area (Å²) in [6.45, 7) is 3.36. The van der Waals surface area contributed by atoms with Crippen LogP contribution in [-0.4, -0.2) is 60.3 Å². The van der Waals surface area contributed by atoms with Crippen molar-refractivity contribution in [1.82, 2.24) is 20.2 Å². The third-order valence-corrected chi connectivity index (χ3v) is 4.39. The summed E-state index contributed by atoms with van der Waals surface area (Å²) >= 11 is 0. The second kappa shape index (κ2) is 9.83. The average molecular weight is 400 g/mol. The Balaban J connectivity index is 1.52. The van der Waals surface area contributed by atoms with Crippen molar-refractivity contribution < 1.29 is 23.8 Å². The number of carbonyl (C=O) groups excluding carboxylic acids is 2. The summed E-state index contributed by atoms with van der Waals surface area (Å²) in [5.41, 5.74) is 1.88. The first-order valence-corrected chi connectivity index (χ1v) is 9.29. The Hall–Kier alpha value is -3.20. The van der Waals surface area contributed by atoms with Crippen LogP contribution in [0, 0.1) is 6.92 Å². The van der Waals surface area contributed by atoms with Crippen LogP contribution < -0.4 is 14.8 Å². The summed E-state index contributed by atoms with van der Waals surface area (Å²) in [5.74, 6) is 0.935. The number of rotatable bonds is 9. The average Bonchev–Trinajstić information content (AvgIpc) is 3.20. The van der Waals surface area contributed by atoms with Gasteiger partial charge in [-0.2, -0.15) is 0 Å². The molecular formula is C20H24N4O5. The van der Waals surface area contributed by atoms with Crippen LogP contribution in [0.25, 0.3) is 0 Å². The zero-order chi connectivity index (χ0) is 20.6. The summed E-state index contributed by atoms with van der Waals surface area (Å²) in [4.78, 5) is 34.7. The number of hydrogen-bond donors (Lipinski definition) is 1. The molecule has 0 atom stereocenters. The number of carbonyl (C=O) groups is 2. The van der Waals surface area contributed by atoms with Gasteiger partial charge >= 0.3 is 0 Å². The standard InChI is InChI=1S/C20H24N4O5/c1-14-10-22-16(12-21-14)20(26)24(7-8-27-2)6-5-19(25)23-11-15-3-4-17-18(9-15)29-13-28-17/h3-4,9-10,12H,5-8,11,13H2,1-2H3,(H,23,25). The molecule has 3 rings (SSSR count). The predicted molar refractivity (Wildman–Crippen MR) is 104 cm³/mol. The highest BCUT2D eigenvalue weighted by atomic mass is 16.7. The lowest BCUT2D eigenvalue weighted by Crippen LogP contribution is -2.37. The molecule has 1 aliphatic heterocycles. The number of nitrogens with zero attached hydrogens (tertiary/aromatic N) is 3. The quantitative estimate of drug-likeness (QED) is 0.677. The number of nitrogens with one attached hydrogen (secondary N) is 1. The summed E-state index contributed by atoms with van der Waals surface area (Å²) in [5, 5.41) is 2.86. The first kappa shape index (κ1) is 20.5. The van der Waals surface area contributed by atoms with Crippen LogP contribution in [0.5, 0.6) is 11.5 Å². The number of methoxy groups -OCH3 is 1.